The van der Waals surface area contributed by atoms with Gasteiger partial charge in [0.15, 0.2) is 0 Å². The summed E-state index contributed by atoms with van der Waals surface area (Å²) in [4.78, 5) is 13.9. The number of allylic oxidation sites excluding steroid dienone is 1. The summed E-state index contributed by atoms with van der Waals surface area (Å²) in [5.41, 5.74) is 3.39. The Bertz CT molecular complexity index is 999. The van der Waals surface area contributed by atoms with Crippen molar-refractivity contribution in [3.05, 3.63) is 100.0 Å². The maximum absolute atomic E-state index is 13.0. The molecule has 1 atom stereocenters. The van der Waals surface area contributed by atoms with Crippen LogP contribution >= 0.6 is 11.8 Å². The molecular weight excluding hydrogens is 366 g/mol. The van der Waals surface area contributed by atoms with Gasteiger partial charge in [0.25, 0.3) is 5.56 Å². The van der Waals surface area contributed by atoms with E-state index in [1.807, 2.05) is 54.7 Å². The van der Waals surface area contributed by atoms with Crippen molar-refractivity contribution < 1.29 is 0 Å². The first-order valence-corrected chi connectivity index (χ1v) is 10.5. The third-order valence-electron chi connectivity index (χ3n) is 4.81. The van der Waals surface area contributed by atoms with Gasteiger partial charge in [-0.3, -0.25) is 4.79 Å². The summed E-state index contributed by atoms with van der Waals surface area (Å²) in [7, 11) is 0. The van der Waals surface area contributed by atoms with Crippen molar-refractivity contribution in [2.24, 2.45) is 0 Å². The van der Waals surface area contributed by atoms with Crippen LogP contribution in [0.5, 0.6) is 0 Å². The first-order chi connectivity index (χ1) is 13.8. The van der Waals surface area contributed by atoms with E-state index in [9.17, 15) is 4.79 Å². The van der Waals surface area contributed by atoms with Gasteiger partial charge in [-0.25, -0.2) is 4.68 Å². The first-order valence-electron chi connectivity index (χ1n) is 9.53. The highest BCUT2D eigenvalue weighted by Crippen LogP contribution is 2.28. The molecular formula is C23H23N3OS. The zero-order valence-electron chi connectivity index (χ0n) is 15.6. The van der Waals surface area contributed by atoms with Gasteiger partial charge in [0.05, 0.1) is 17.6 Å². The predicted molar refractivity (Wildman–Crippen MR) is 116 cm³/mol. The molecule has 2 heterocycles. The summed E-state index contributed by atoms with van der Waals surface area (Å²) < 4.78 is 1.55. The fourth-order valence-electron chi connectivity index (χ4n) is 3.39. The van der Waals surface area contributed by atoms with E-state index in [0.717, 1.165) is 34.7 Å². The number of rotatable bonds is 5. The smallest absolute Gasteiger partial charge is 0.281 e. The van der Waals surface area contributed by atoms with Crippen LogP contribution in [-0.2, 0) is 13.0 Å². The Morgan fingerprint density at radius 1 is 1.11 bits per heavy atom. The summed E-state index contributed by atoms with van der Waals surface area (Å²) in [6.45, 7) is 1.35. The Hall–Kier alpha value is -2.63. The number of hydrogen-bond donors (Lipinski definition) is 1. The summed E-state index contributed by atoms with van der Waals surface area (Å²) in [6, 6.07) is 20.6. The van der Waals surface area contributed by atoms with Gasteiger partial charge in [0.1, 0.15) is 0 Å². The van der Waals surface area contributed by atoms with E-state index in [4.69, 9.17) is 0 Å². The van der Waals surface area contributed by atoms with E-state index in [1.54, 1.807) is 16.4 Å². The van der Waals surface area contributed by atoms with Gasteiger partial charge in [-0.1, -0.05) is 72.8 Å². The largest absolute Gasteiger partial charge is 0.309 e. The molecule has 1 aliphatic heterocycles. The second-order valence-electron chi connectivity index (χ2n) is 6.77. The van der Waals surface area contributed by atoms with Crippen LogP contribution in [0.2, 0.25) is 0 Å². The van der Waals surface area contributed by atoms with Gasteiger partial charge in [-0.05, 0) is 17.5 Å². The fraction of sp³-hybridized carbons (Fsp3) is 0.217. The number of fused-ring (bicyclic) bond motifs is 1. The number of nitrogens with one attached hydrogen (secondary N) is 1. The van der Waals surface area contributed by atoms with Crippen LogP contribution in [0.25, 0.3) is 6.08 Å². The lowest BCUT2D eigenvalue weighted by Gasteiger charge is -2.18. The molecule has 0 amide bonds. The Balaban J connectivity index is 1.57. The topological polar surface area (TPSA) is 46.9 Å². The fourth-order valence-corrected chi connectivity index (χ4v) is 4.40. The SMILES string of the molecule is O=c1c2c(cnn1C/C=C/c1ccccc1)C(Cc1ccccc1)NCCS2. The standard InChI is InChI=1S/C23H23N3OS/c27-23-22-20(17-25-26(23)14-7-12-18-8-3-1-4-9-18)21(24-13-15-28-22)16-19-10-5-2-6-11-19/h1-12,17,21,24H,13-16H2/b12-7+. The number of nitrogens with zero attached hydrogens (tertiary/aromatic N) is 2. The van der Waals surface area contributed by atoms with Crippen LogP contribution < -0.4 is 10.9 Å². The highest BCUT2D eigenvalue weighted by atomic mass is 32.2. The predicted octanol–water partition coefficient (Wildman–Crippen LogP) is 3.94. The molecule has 5 heteroatoms. The van der Waals surface area contributed by atoms with E-state index in [2.05, 4.69) is 34.7 Å². The molecule has 0 spiro atoms. The van der Waals surface area contributed by atoms with E-state index >= 15 is 0 Å². The van der Waals surface area contributed by atoms with Gasteiger partial charge in [0.2, 0.25) is 0 Å². The molecule has 0 saturated carbocycles. The Morgan fingerprint density at radius 3 is 2.64 bits per heavy atom. The van der Waals surface area contributed by atoms with Crippen LogP contribution in [0.4, 0.5) is 0 Å². The number of benzene rings is 2. The van der Waals surface area contributed by atoms with E-state index in [0.29, 0.717) is 6.54 Å². The second-order valence-corrected chi connectivity index (χ2v) is 7.88. The van der Waals surface area contributed by atoms with Crippen LogP contribution in [0.3, 0.4) is 0 Å². The first kappa shape index (κ1) is 18.7. The molecule has 0 aliphatic carbocycles. The van der Waals surface area contributed by atoms with Crippen molar-refractivity contribution in [3.63, 3.8) is 0 Å². The van der Waals surface area contributed by atoms with Crippen molar-refractivity contribution in [3.8, 4) is 0 Å². The molecule has 1 N–H and O–H groups in total. The molecule has 4 rings (SSSR count). The van der Waals surface area contributed by atoms with Crippen molar-refractivity contribution in [2.75, 3.05) is 12.3 Å². The maximum atomic E-state index is 13.0. The monoisotopic (exact) mass is 389 g/mol. The highest BCUT2D eigenvalue weighted by Gasteiger charge is 2.22. The Labute approximate surface area is 169 Å². The molecule has 4 nitrogen and oxygen atoms in total. The molecule has 0 bridgehead atoms. The quantitative estimate of drug-likeness (QED) is 0.718. The molecule has 28 heavy (non-hydrogen) atoms. The zero-order chi connectivity index (χ0) is 19.2. The van der Waals surface area contributed by atoms with E-state index in [-0.39, 0.29) is 11.6 Å². The number of thioether (sulfide) groups is 1. The minimum Gasteiger partial charge on any atom is -0.309 e. The van der Waals surface area contributed by atoms with Crippen LogP contribution in [0, 0.1) is 0 Å². The van der Waals surface area contributed by atoms with Gasteiger partial charge >= 0.3 is 0 Å². The molecule has 1 aromatic heterocycles. The summed E-state index contributed by atoms with van der Waals surface area (Å²) >= 11 is 1.63. The molecule has 1 aliphatic rings. The molecule has 2 aromatic carbocycles. The van der Waals surface area contributed by atoms with Crippen LogP contribution in [0.15, 0.2) is 82.6 Å². The highest BCUT2D eigenvalue weighted by molar-refractivity contribution is 7.99. The summed E-state index contributed by atoms with van der Waals surface area (Å²) in [6.07, 6.45) is 6.73. The van der Waals surface area contributed by atoms with E-state index < -0.39 is 0 Å². The second kappa shape index (κ2) is 9.04. The lowest BCUT2D eigenvalue weighted by Crippen LogP contribution is -2.28. The lowest BCUT2D eigenvalue weighted by molar-refractivity contribution is 0.532. The molecule has 1 unspecified atom stereocenters. The lowest BCUT2D eigenvalue weighted by atomic mass is 10.0. The zero-order valence-corrected chi connectivity index (χ0v) is 16.4. The Kier molecular flexibility index (Phi) is 6.04. The molecule has 3 aromatic rings. The normalized spacial score (nSPS) is 16.6. The molecule has 0 fully saturated rings. The van der Waals surface area contributed by atoms with Crippen LogP contribution in [-0.4, -0.2) is 22.1 Å². The Morgan fingerprint density at radius 2 is 1.86 bits per heavy atom. The minimum absolute atomic E-state index is 0.00183. The number of aromatic nitrogens is 2. The summed E-state index contributed by atoms with van der Waals surface area (Å²) in [5.74, 6) is 0.886. The average molecular weight is 390 g/mol. The van der Waals surface area contributed by atoms with Crippen molar-refractivity contribution >= 4 is 17.8 Å². The summed E-state index contributed by atoms with van der Waals surface area (Å²) in [5, 5.41) is 8.03. The van der Waals surface area contributed by atoms with Gasteiger partial charge in [0, 0.05) is 23.9 Å². The molecule has 0 radical (unpaired) electrons. The van der Waals surface area contributed by atoms with Gasteiger partial charge < -0.3 is 5.32 Å². The van der Waals surface area contributed by atoms with Gasteiger partial charge in [-0.15, -0.1) is 11.8 Å². The molecule has 0 saturated heterocycles. The van der Waals surface area contributed by atoms with Crippen molar-refractivity contribution in [1.29, 1.82) is 0 Å². The number of hydrogen-bond acceptors (Lipinski definition) is 4. The van der Waals surface area contributed by atoms with Gasteiger partial charge in [-0.2, -0.15) is 5.10 Å². The third kappa shape index (κ3) is 4.43. The van der Waals surface area contributed by atoms with Crippen molar-refractivity contribution in [2.45, 2.75) is 23.9 Å². The van der Waals surface area contributed by atoms with Crippen molar-refractivity contribution in [1.82, 2.24) is 15.1 Å². The average Bonchev–Trinajstić information content (AvgIpc) is 2.94. The van der Waals surface area contributed by atoms with E-state index in [1.165, 1.54) is 5.56 Å². The molecule has 142 valence electrons. The minimum atomic E-state index is 0.00183. The van der Waals surface area contributed by atoms with Crippen LogP contribution in [0.1, 0.15) is 22.7 Å². The third-order valence-corrected chi connectivity index (χ3v) is 5.92. The maximum Gasteiger partial charge on any atom is 0.281 e.